The molecule has 0 unspecified atom stereocenters. The smallest absolute Gasteiger partial charge is 0.264 e. The van der Waals surface area contributed by atoms with Crippen LogP contribution in [-0.4, -0.2) is 38.1 Å². The first kappa shape index (κ1) is 23.0. The van der Waals surface area contributed by atoms with Crippen molar-refractivity contribution in [3.8, 4) is 0 Å². The van der Waals surface area contributed by atoms with Gasteiger partial charge in [-0.15, -0.1) is 0 Å². The topological polar surface area (TPSA) is 66.5 Å². The number of nitrogens with zero attached hydrogens (tertiary/aromatic N) is 1. The quantitative estimate of drug-likeness (QED) is 0.603. The largest absolute Gasteiger partial charge is 0.299 e. The van der Waals surface area contributed by atoms with E-state index in [-0.39, 0.29) is 5.75 Å². The van der Waals surface area contributed by atoms with Gasteiger partial charge in [0.25, 0.3) is 5.91 Å². The summed E-state index contributed by atoms with van der Waals surface area (Å²) >= 11 is 0. The summed E-state index contributed by atoms with van der Waals surface area (Å²) in [6, 6.07) is 18.2. The van der Waals surface area contributed by atoms with Crippen LogP contribution in [0.2, 0.25) is 0 Å². The van der Waals surface area contributed by atoms with E-state index in [2.05, 4.69) is 40.0 Å². The summed E-state index contributed by atoms with van der Waals surface area (Å²) in [4.78, 5) is 14.7. The molecule has 32 heavy (non-hydrogen) atoms. The zero-order valence-corrected chi connectivity index (χ0v) is 19.7. The molecule has 172 valence electrons. The van der Waals surface area contributed by atoms with E-state index >= 15 is 0 Å². The number of hydrogen-bond acceptors (Lipinski definition) is 4. The van der Waals surface area contributed by atoms with E-state index in [4.69, 9.17) is 0 Å². The summed E-state index contributed by atoms with van der Waals surface area (Å²) in [5.41, 5.74) is 3.04. The lowest BCUT2D eigenvalue weighted by Gasteiger charge is -2.32. The monoisotopic (exact) mass is 454 g/mol. The molecule has 2 aromatic carbocycles. The lowest BCUT2D eigenvalue weighted by atomic mass is 9.90. The Morgan fingerprint density at radius 1 is 1.03 bits per heavy atom. The van der Waals surface area contributed by atoms with Gasteiger partial charge in [-0.05, 0) is 86.2 Å². The first-order valence-electron chi connectivity index (χ1n) is 11.8. The van der Waals surface area contributed by atoms with Crippen molar-refractivity contribution in [3.63, 3.8) is 0 Å². The summed E-state index contributed by atoms with van der Waals surface area (Å²) in [7, 11) is -3.55. The fourth-order valence-electron chi connectivity index (χ4n) is 4.96. The molecule has 1 saturated heterocycles. The normalized spacial score (nSPS) is 21.9. The van der Waals surface area contributed by atoms with Crippen LogP contribution in [-0.2, 0) is 16.6 Å². The second-order valence-corrected chi connectivity index (χ2v) is 11.3. The van der Waals surface area contributed by atoms with Crippen molar-refractivity contribution in [2.75, 3.05) is 18.8 Å². The zero-order valence-electron chi connectivity index (χ0n) is 18.9. The highest BCUT2D eigenvalue weighted by Crippen LogP contribution is 2.51. The van der Waals surface area contributed by atoms with Crippen LogP contribution >= 0.6 is 0 Å². The molecule has 5 nitrogen and oxygen atoms in total. The van der Waals surface area contributed by atoms with Gasteiger partial charge in [0.1, 0.15) is 0 Å². The average Bonchev–Trinajstić information content (AvgIpc) is 3.55. The number of nitrogens with one attached hydrogen (secondary N) is 1. The van der Waals surface area contributed by atoms with Gasteiger partial charge in [-0.1, -0.05) is 49.4 Å². The minimum absolute atomic E-state index is 0.0412. The Balaban J connectivity index is 1.20. The Labute approximate surface area is 192 Å². The van der Waals surface area contributed by atoms with Gasteiger partial charge < -0.3 is 0 Å². The molecular formula is C26H34N2O3S. The Morgan fingerprint density at radius 3 is 2.38 bits per heavy atom. The third-order valence-electron chi connectivity index (χ3n) is 6.84. The van der Waals surface area contributed by atoms with E-state index in [1.807, 2.05) is 12.1 Å². The summed E-state index contributed by atoms with van der Waals surface area (Å²) in [5.74, 6) is 1.89. The highest BCUT2D eigenvalue weighted by atomic mass is 32.2. The Hall–Kier alpha value is -2.18. The van der Waals surface area contributed by atoms with Gasteiger partial charge in [-0.25, -0.2) is 13.1 Å². The second kappa shape index (κ2) is 10.2. The van der Waals surface area contributed by atoms with Crippen LogP contribution in [0.1, 0.15) is 66.4 Å². The molecule has 0 radical (unpaired) electrons. The van der Waals surface area contributed by atoms with E-state index in [1.54, 1.807) is 19.1 Å². The minimum atomic E-state index is -3.55. The average molecular weight is 455 g/mol. The highest BCUT2D eigenvalue weighted by Gasteiger charge is 2.39. The number of amides is 1. The summed E-state index contributed by atoms with van der Waals surface area (Å²) in [6.45, 7) is 4.88. The van der Waals surface area contributed by atoms with Crippen LogP contribution in [0.5, 0.6) is 0 Å². The van der Waals surface area contributed by atoms with Gasteiger partial charge in [0.05, 0.1) is 5.75 Å². The zero-order chi connectivity index (χ0) is 22.6. The predicted molar refractivity (Wildman–Crippen MR) is 128 cm³/mol. The van der Waals surface area contributed by atoms with Gasteiger partial charge in [0.15, 0.2) is 0 Å². The highest BCUT2D eigenvalue weighted by molar-refractivity contribution is 7.90. The van der Waals surface area contributed by atoms with Crippen molar-refractivity contribution in [2.45, 2.75) is 51.5 Å². The Bertz CT molecular complexity index is 997. The van der Waals surface area contributed by atoms with Gasteiger partial charge in [-0.2, -0.15) is 0 Å². The van der Waals surface area contributed by atoms with E-state index in [9.17, 15) is 13.2 Å². The summed E-state index contributed by atoms with van der Waals surface area (Å²) < 4.78 is 25.7. The molecule has 1 aliphatic heterocycles. The first-order valence-corrected chi connectivity index (χ1v) is 13.5. The van der Waals surface area contributed by atoms with Gasteiger partial charge in [0, 0.05) is 12.1 Å². The standard InChI is InChI=1S/C26H34N2O3S/c1-2-16-32(30,31)27-26(29)23-10-8-21(9-11-23)19-28-14-12-20(13-15-28)17-24-18-25(24)22-6-4-3-5-7-22/h3-11,20,24-25H,2,12-19H2,1H3,(H,27,29)/t24-,25+/m1/s1. The maximum Gasteiger partial charge on any atom is 0.264 e. The van der Waals surface area contributed by atoms with E-state index in [1.165, 1.54) is 31.2 Å². The molecule has 1 saturated carbocycles. The second-order valence-electron chi connectivity index (χ2n) is 9.42. The first-order chi connectivity index (χ1) is 15.4. The molecule has 2 atom stereocenters. The molecule has 6 heteroatoms. The maximum absolute atomic E-state index is 12.2. The molecule has 0 aromatic heterocycles. The molecule has 2 aliphatic rings. The number of sulfonamides is 1. The van der Waals surface area contributed by atoms with Gasteiger partial charge in [-0.3, -0.25) is 9.69 Å². The molecule has 1 amide bonds. The third kappa shape index (κ3) is 6.20. The van der Waals surface area contributed by atoms with Crippen molar-refractivity contribution in [2.24, 2.45) is 11.8 Å². The number of benzene rings is 2. The molecule has 1 heterocycles. The Kier molecular flexibility index (Phi) is 7.31. The van der Waals surface area contributed by atoms with Crippen molar-refractivity contribution >= 4 is 15.9 Å². The maximum atomic E-state index is 12.2. The molecule has 0 spiro atoms. The summed E-state index contributed by atoms with van der Waals surface area (Å²) in [5, 5.41) is 0. The van der Waals surface area contributed by atoms with Crippen LogP contribution < -0.4 is 4.72 Å². The lowest BCUT2D eigenvalue weighted by Crippen LogP contribution is -2.33. The number of likely N-dealkylation sites (tertiary alicyclic amines) is 1. The lowest BCUT2D eigenvalue weighted by molar-refractivity contribution is 0.0981. The molecule has 2 fully saturated rings. The van der Waals surface area contributed by atoms with Crippen LogP contribution in [0, 0.1) is 11.8 Å². The summed E-state index contributed by atoms with van der Waals surface area (Å²) in [6.07, 6.45) is 5.70. The van der Waals surface area contributed by atoms with Crippen LogP contribution in [0.4, 0.5) is 0 Å². The molecular weight excluding hydrogens is 420 g/mol. The minimum Gasteiger partial charge on any atom is -0.299 e. The number of carbonyl (C=O) groups excluding carboxylic acids is 1. The molecule has 2 aromatic rings. The van der Waals surface area contributed by atoms with Gasteiger partial charge in [0.2, 0.25) is 10.0 Å². The number of carbonyl (C=O) groups is 1. The molecule has 0 bridgehead atoms. The van der Waals surface area contributed by atoms with Gasteiger partial charge >= 0.3 is 0 Å². The van der Waals surface area contributed by atoms with Crippen molar-refractivity contribution in [1.29, 1.82) is 0 Å². The van der Waals surface area contributed by atoms with Crippen molar-refractivity contribution < 1.29 is 13.2 Å². The number of rotatable bonds is 9. The SMILES string of the molecule is CCCS(=O)(=O)NC(=O)c1ccc(CN2CCC(C[C@@H]3C[C@H]3c3ccccc3)CC2)cc1. The fraction of sp³-hybridized carbons (Fsp3) is 0.500. The van der Waals surface area contributed by atoms with E-state index < -0.39 is 15.9 Å². The van der Waals surface area contributed by atoms with Crippen LogP contribution in [0.25, 0.3) is 0 Å². The van der Waals surface area contributed by atoms with E-state index in [0.29, 0.717) is 12.0 Å². The predicted octanol–water partition coefficient (Wildman–Crippen LogP) is 4.56. The molecule has 1 N–H and O–H groups in total. The Morgan fingerprint density at radius 2 is 1.72 bits per heavy atom. The van der Waals surface area contributed by atoms with Crippen molar-refractivity contribution in [1.82, 2.24) is 9.62 Å². The number of hydrogen-bond donors (Lipinski definition) is 1. The molecule has 1 aliphatic carbocycles. The third-order valence-corrected chi connectivity index (χ3v) is 8.28. The van der Waals surface area contributed by atoms with E-state index in [0.717, 1.165) is 43.0 Å². The fourth-order valence-corrected chi connectivity index (χ4v) is 6.00. The molecule has 4 rings (SSSR count). The van der Waals surface area contributed by atoms with Crippen LogP contribution in [0.3, 0.4) is 0 Å². The van der Waals surface area contributed by atoms with Crippen molar-refractivity contribution in [3.05, 3.63) is 71.3 Å². The van der Waals surface area contributed by atoms with Crippen LogP contribution in [0.15, 0.2) is 54.6 Å². The number of piperidine rings is 1.